The Balaban J connectivity index is 2.06. The van der Waals surface area contributed by atoms with Crippen molar-refractivity contribution in [2.75, 3.05) is 37.1 Å². The molecule has 106 valence electrons. The summed E-state index contributed by atoms with van der Waals surface area (Å²) in [6.07, 6.45) is 3.05. The van der Waals surface area contributed by atoms with E-state index in [2.05, 4.69) is 27.3 Å². The third-order valence-electron chi connectivity index (χ3n) is 3.49. The van der Waals surface area contributed by atoms with Crippen molar-refractivity contribution in [3.05, 3.63) is 11.9 Å². The van der Waals surface area contributed by atoms with Crippen LogP contribution in [0.3, 0.4) is 0 Å². The van der Waals surface area contributed by atoms with Gasteiger partial charge in [-0.05, 0) is 18.8 Å². The SMILES string of the molecule is CCc1nc(NN)cc(N(C)CC2CCOCC2)n1. The lowest BCUT2D eigenvalue weighted by molar-refractivity contribution is 0.0685. The molecule has 0 bridgehead atoms. The summed E-state index contributed by atoms with van der Waals surface area (Å²) in [5.41, 5.74) is 2.60. The Labute approximate surface area is 114 Å². The molecule has 0 spiro atoms. The Morgan fingerprint density at radius 2 is 2.16 bits per heavy atom. The van der Waals surface area contributed by atoms with E-state index in [0.717, 1.165) is 50.7 Å². The minimum atomic E-state index is 0.667. The number of hydrogen-bond donors (Lipinski definition) is 2. The largest absolute Gasteiger partial charge is 0.381 e. The highest BCUT2D eigenvalue weighted by Crippen LogP contribution is 2.20. The number of aryl methyl sites for hydroxylation is 1. The quantitative estimate of drug-likeness (QED) is 0.615. The summed E-state index contributed by atoms with van der Waals surface area (Å²) in [4.78, 5) is 11.0. The van der Waals surface area contributed by atoms with Crippen LogP contribution in [-0.4, -0.2) is 36.8 Å². The van der Waals surface area contributed by atoms with E-state index in [9.17, 15) is 0 Å². The van der Waals surface area contributed by atoms with Crippen molar-refractivity contribution in [2.24, 2.45) is 11.8 Å². The number of aromatic nitrogens is 2. The molecule has 0 radical (unpaired) electrons. The summed E-state index contributed by atoms with van der Waals surface area (Å²) in [6, 6.07) is 1.89. The standard InChI is InChI=1S/C13H23N5O/c1-3-11-15-12(17-14)8-13(16-11)18(2)9-10-4-6-19-7-5-10/h8,10H,3-7,9,14H2,1-2H3,(H,15,16,17). The van der Waals surface area contributed by atoms with Crippen LogP contribution in [0.5, 0.6) is 0 Å². The minimum Gasteiger partial charge on any atom is -0.381 e. The lowest BCUT2D eigenvalue weighted by atomic mass is 10.00. The molecule has 0 aromatic carbocycles. The first kappa shape index (κ1) is 14.0. The van der Waals surface area contributed by atoms with Crippen molar-refractivity contribution in [1.29, 1.82) is 0 Å². The van der Waals surface area contributed by atoms with Crippen LogP contribution in [0.4, 0.5) is 11.6 Å². The summed E-state index contributed by atoms with van der Waals surface area (Å²) >= 11 is 0. The van der Waals surface area contributed by atoms with Gasteiger partial charge in [-0.1, -0.05) is 6.92 Å². The molecule has 2 heterocycles. The van der Waals surface area contributed by atoms with Crippen LogP contribution in [0.2, 0.25) is 0 Å². The van der Waals surface area contributed by atoms with E-state index in [4.69, 9.17) is 10.6 Å². The van der Waals surface area contributed by atoms with Gasteiger partial charge in [0.15, 0.2) is 0 Å². The van der Waals surface area contributed by atoms with Crippen molar-refractivity contribution in [3.63, 3.8) is 0 Å². The number of nitrogens with zero attached hydrogens (tertiary/aromatic N) is 3. The highest BCUT2D eigenvalue weighted by atomic mass is 16.5. The fourth-order valence-corrected chi connectivity index (χ4v) is 2.32. The molecule has 1 aromatic rings. The zero-order valence-corrected chi connectivity index (χ0v) is 11.7. The molecule has 0 saturated carbocycles. The van der Waals surface area contributed by atoms with Crippen LogP contribution < -0.4 is 16.2 Å². The first-order chi connectivity index (χ1) is 9.22. The molecule has 0 amide bonds. The number of rotatable bonds is 5. The third-order valence-corrected chi connectivity index (χ3v) is 3.49. The molecular weight excluding hydrogens is 242 g/mol. The van der Waals surface area contributed by atoms with Crippen LogP contribution >= 0.6 is 0 Å². The lowest BCUT2D eigenvalue weighted by Crippen LogP contribution is -2.30. The molecule has 1 fully saturated rings. The van der Waals surface area contributed by atoms with Crippen molar-refractivity contribution in [3.8, 4) is 0 Å². The van der Waals surface area contributed by atoms with E-state index in [-0.39, 0.29) is 0 Å². The van der Waals surface area contributed by atoms with Crippen molar-refractivity contribution in [1.82, 2.24) is 9.97 Å². The number of ether oxygens (including phenoxy) is 1. The zero-order chi connectivity index (χ0) is 13.7. The number of nitrogens with one attached hydrogen (secondary N) is 1. The summed E-state index contributed by atoms with van der Waals surface area (Å²) in [7, 11) is 2.07. The van der Waals surface area contributed by atoms with Gasteiger partial charge < -0.3 is 15.1 Å². The van der Waals surface area contributed by atoms with Crippen LogP contribution in [0.15, 0.2) is 6.07 Å². The predicted octanol–water partition coefficient (Wildman–Crippen LogP) is 1.19. The second-order valence-electron chi connectivity index (χ2n) is 4.96. The first-order valence-corrected chi connectivity index (χ1v) is 6.86. The third kappa shape index (κ3) is 3.78. The number of hydrazine groups is 1. The fraction of sp³-hybridized carbons (Fsp3) is 0.692. The van der Waals surface area contributed by atoms with E-state index >= 15 is 0 Å². The Kier molecular flexibility index (Phi) is 4.93. The maximum atomic E-state index is 5.45. The van der Waals surface area contributed by atoms with Gasteiger partial charge in [0.05, 0.1) is 0 Å². The molecular formula is C13H23N5O. The van der Waals surface area contributed by atoms with Gasteiger partial charge in [0.2, 0.25) is 0 Å². The van der Waals surface area contributed by atoms with E-state index in [0.29, 0.717) is 11.7 Å². The predicted molar refractivity (Wildman–Crippen MR) is 76.0 cm³/mol. The summed E-state index contributed by atoms with van der Waals surface area (Å²) in [5, 5.41) is 0. The Hall–Kier alpha value is -1.40. The number of hydrogen-bond acceptors (Lipinski definition) is 6. The molecule has 0 aliphatic carbocycles. The van der Waals surface area contributed by atoms with E-state index in [1.165, 1.54) is 0 Å². The zero-order valence-electron chi connectivity index (χ0n) is 11.7. The molecule has 0 atom stereocenters. The molecule has 1 aliphatic heterocycles. The highest BCUT2D eigenvalue weighted by Gasteiger charge is 2.17. The molecule has 19 heavy (non-hydrogen) atoms. The highest BCUT2D eigenvalue weighted by molar-refractivity contribution is 5.48. The topological polar surface area (TPSA) is 76.3 Å². The molecule has 1 aliphatic rings. The normalized spacial score (nSPS) is 16.4. The van der Waals surface area contributed by atoms with Gasteiger partial charge in [0.1, 0.15) is 17.5 Å². The van der Waals surface area contributed by atoms with Gasteiger partial charge in [0.25, 0.3) is 0 Å². The van der Waals surface area contributed by atoms with Gasteiger partial charge in [0, 0.05) is 39.3 Å². The number of nitrogen functional groups attached to an aromatic ring is 1. The van der Waals surface area contributed by atoms with Crippen LogP contribution in [-0.2, 0) is 11.2 Å². The van der Waals surface area contributed by atoms with Gasteiger partial charge in [-0.15, -0.1) is 0 Å². The van der Waals surface area contributed by atoms with Gasteiger partial charge >= 0.3 is 0 Å². The Morgan fingerprint density at radius 1 is 1.42 bits per heavy atom. The van der Waals surface area contributed by atoms with E-state index < -0.39 is 0 Å². The minimum absolute atomic E-state index is 0.667. The molecule has 2 rings (SSSR count). The molecule has 3 N–H and O–H groups in total. The first-order valence-electron chi connectivity index (χ1n) is 6.86. The van der Waals surface area contributed by atoms with Crippen molar-refractivity contribution in [2.45, 2.75) is 26.2 Å². The lowest BCUT2D eigenvalue weighted by Gasteiger charge is -2.28. The van der Waals surface area contributed by atoms with Crippen LogP contribution in [0, 0.1) is 5.92 Å². The monoisotopic (exact) mass is 265 g/mol. The summed E-state index contributed by atoms with van der Waals surface area (Å²) in [5.74, 6) is 8.52. The number of nitrogens with two attached hydrogens (primary N) is 1. The molecule has 6 nitrogen and oxygen atoms in total. The summed E-state index contributed by atoms with van der Waals surface area (Å²) < 4.78 is 5.39. The maximum Gasteiger partial charge on any atom is 0.145 e. The summed E-state index contributed by atoms with van der Waals surface area (Å²) in [6.45, 7) is 4.78. The maximum absolute atomic E-state index is 5.45. The Morgan fingerprint density at radius 3 is 2.79 bits per heavy atom. The average molecular weight is 265 g/mol. The van der Waals surface area contributed by atoms with Gasteiger partial charge in [-0.2, -0.15) is 0 Å². The smallest absolute Gasteiger partial charge is 0.145 e. The van der Waals surface area contributed by atoms with E-state index in [1.54, 1.807) is 0 Å². The average Bonchev–Trinajstić information content (AvgIpc) is 2.47. The fourth-order valence-electron chi connectivity index (χ4n) is 2.32. The van der Waals surface area contributed by atoms with E-state index in [1.807, 2.05) is 13.0 Å². The molecule has 6 heteroatoms. The van der Waals surface area contributed by atoms with Crippen LogP contribution in [0.25, 0.3) is 0 Å². The van der Waals surface area contributed by atoms with Crippen molar-refractivity contribution < 1.29 is 4.74 Å². The van der Waals surface area contributed by atoms with Crippen LogP contribution in [0.1, 0.15) is 25.6 Å². The second-order valence-corrected chi connectivity index (χ2v) is 4.96. The molecule has 1 saturated heterocycles. The van der Waals surface area contributed by atoms with Gasteiger partial charge in [-0.3, -0.25) is 0 Å². The van der Waals surface area contributed by atoms with Crippen molar-refractivity contribution >= 4 is 11.6 Å². The number of anilines is 2. The second kappa shape index (κ2) is 6.68. The molecule has 1 aromatic heterocycles. The molecule has 0 unspecified atom stereocenters. The Bertz CT molecular complexity index is 384. The van der Waals surface area contributed by atoms with Gasteiger partial charge in [-0.25, -0.2) is 15.8 Å².